The Morgan fingerprint density at radius 2 is 1.76 bits per heavy atom. The molecule has 3 heteroatoms. The topological polar surface area (TPSA) is 32.5 Å². The Morgan fingerprint density at radius 3 is 2.24 bits per heavy atom. The molecule has 0 bridgehead atoms. The summed E-state index contributed by atoms with van der Waals surface area (Å²) >= 11 is 0. The zero-order chi connectivity index (χ0) is 12.7. The lowest BCUT2D eigenvalue weighted by atomic mass is 9.82. The van der Waals surface area contributed by atoms with Crippen LogP contribution in [0, 0.1) is 5.41 Å². The van der Waals surface area contributed by atoms with E-state index in [9.17, 15) is 0 Å². The average Bonchev–Trinajstić information content (AvgIpc) is 2.87. The minimum atomic E-state index is 0.333. The van der Waals surface area contributed by atoms with E-state index >= 15 is 0 Å². The molecule has 1 aliphatic rings. The van der Waals surface area contributed by atoms with E-state index in [4.69, 9.17) is 5.73 Å². The van der Waals surface area contributed by atoms with Gasteiger partial charge in [0.05, 0.1) is 0 Å². The van der Waals surface area contributed by atoms with Crippen molar-refractivity contribution in [1.82, 2.24) is 9.80 Å². The van der Waals surface area contributed by atoms with E-state index in [0.29, 0.717) is 5.41 Å². The fraction of sp³-hybridized carbons (Fsp3) is 1.00. The molecule has 1 saturated heterocycles. The Morgan fingerprint density at radius 1 is 1.18 bits per heavy atom. The molecule has 0 aromatic heterocycles. The Labute approximate surface area is 107 Å². The molecule has 2 N–H and O–H groups in total. The largest absolute Gasteiger partial charge is 0.330 e. The van der Waals surface area contributed by atoms with Gasteiger partial charge in [0.1, 0.15) is 0 Å². The van der Waals surface area contributed by atoms with E-state index in [2.05, 4.69) is 30.7 Å². The first-order valence-corrected chi connectivity index (χ1v) is 7.27. The van der Waals surface area contributed by atoms with Crippen molar-refractivity contribution in [3.63, 3.8) is 0 Å². The quantitative estimate of drug-likeness (QED) is 0.703. The van der Waals surface area contributed by atoms with Crippen molar-refractivity contribution in [2.45, 2.75) is 39.5 Å². The Hall–Kier alpha value is -0.120. The van der Waals surface area contributed by atoms with Gasteiger partial charge in [-0.05, 0) is 57.8 Å². The van der Waals surface area contributed by atoms with E-state index in [1.165, 1.54) is 51.9 Å². The lowest BCUT2D eigenvalue weighted by Gasteiger charge is -2.35. The van der Waals surface area contributed by atoms with Crippen LogP contribution in [0.25, 0.3) is 0 Å². The number of hydrogen-bond donors (Lipinski definition) is 1. The van der Waals surface area contributed by atoms with Gasteiger partial charge in [0.25, 0.3) is 0 Å². The van der Waals surface area contributed by atoms with Gasteiger partial charge in [-0.25, -0.2) is 0 Å². The van der Waals surface area contributed by atoms with Crippen LogP contribution in [0.5, 0.6) is 0 Å². The molecular weight excluding hydrogens is 210 g/mol. The number of likely N-dealkylation sites (tertiary alicyclic amines) is 1. The van der Waals surface area contributed by atoms with Gasteiger partial charge in [-0.3, -0.25) is 0 Å². The van der Waals surface area contributed by atoms with Crippen molar-refractivity contribution < 1.29 is 0 Å². The Balaban J connectivity index is 2.28. The van der Waals surface area contributed by atoms with E-state index in [0.717, 1.165) is 13.1 Å². The third-order valence-corrected chi connectivity index (χ3v) is 4.53. The summed E-state index contributed by atoms with van der Waals surface area (Å²) in [6.07, 6.45) is 5.16. The van der Waals surface area contributed by atoms with Crippen LogP contribution < -0.4 is 5.73 Å². The van der Waals surface area contributed by atoms with Crippen molar-refractivity contribution in [2.75, 3.05) is 46.3 Å². The molecule has 1 rings (SSSR count). The second-order valence-electron chi connectivity index (χ2n) is 5.70. The van der Waals surface area contributed by atoms with Crippen LogP contribution in [0.1, 0.15) is 39.5 Å². The number of rotatable bonds is 8. The van der Waals surface area contributed by atoms with Crippen molar-refractivity contribution in [3.8, 4) is 0 Å². The van der Waals surface area contributed by atoms with Gasteiger partial charge in [0, 0.05) is 19.6 Å². The van der Waals surface area contributed by atoms with Crippen LogP contribution in [-0.4, -0.2) is 56.1 Å². The van der Waals surface area contributed by atoms with Gasteiger partial charge in [-0.2, -0.15) is 0 Å². The van der Waals surface area contributed by atoms with Gasteiger partial charge in [-0.1, -0.05) is 13.8 Å². The molecule has 1 fully saturated rings. The maximum atomic E-state index is 5.96. The molecule has 0 spiro atoms. The molecule has 17 heavy (non-hydrogen) atoms. The minimum Gasteiger partial charge on any atom is -0.330 e. The molecule has 3 nitrogen and oxygen atoms in total. The normalized spacial score (nSPS) is 18.2. The summed E-state index contributed by atoms with van der Waals surface area (Å²) in [5.74, 6) is 0. The number of nitrogens with two attached hydrogens (primary N) is 1. The van der Waals surface area contributed by atoms with Crippen molar-refractivity contribution in [2.24, 2.45) is 11.1 Å². The van der Waals surface area contributed by atoms with E-state index < -0.39 is 0 Å². The minimum absolute atomic E-state index is 0.333. The molecule has 102 valence electrons. The smallest absolute Gasteiger partial charge is 0.0109 e. The fourth-order valence-electron chi connectivity index (χ4n) is 2.80. The third-order valence-electron chi connectivity index (χ3n) is 4.53. The molecule has 0 atom stereocenters. The molecule has 0 aliphatic carbocycles. The van der Waals surface area contributed by atoms with Crippen LogP contribution in [0.3, 0.4) is 0 Å². The van der Waals surface area contributed by atoms with Crippen LogP contribution >= 0.6 is 0 Å². The van der Waals surface area contributed by atoms with Crippen molar-refractivity contribution >= 4 is 0 Å². The lowest BCUT2D eigenvalue weighted by Crippen LogP contribution is -2.42. The first-order valence-electron chi connectivity index (χ1n) is 7.27. The van der Waals surface area contributed by atoms with E-state index in [1.807, 2.05) is 0 Å². The summed E-state index contributed by atoms with van der Waals surface area (Å²) in [4.78, 5) is 5.05. The maximum Gasteiger partial charge on any atom is 0.0109 e. The second kappa shape index (κ2) is 7.34. The lowest BCUT2D eigenvalue weighted by molar-refractivity contribution is 0.154. The number of hydrogen-bond acceptors (Lipinski definition) is 3. The highest BCUT2D eigenvalue weighted by molar-refractivity contribution is 4.81. The predicted octanol–water partition coefficient (Wildman–Crippen LogP) is 1.78. The molecule has 0 amide bonds. The Bertz CT molecular complexity index is 187. The summed E-state index contributed by atoms with van der Waals surface area (Å²) < 4.78 is 0. The van der Waals surface area contributed by atoms with Crippen LogP contribution in [0.15, 0.2) is 0 Å². The zero-order valence-electron chi connectivity index (χ0n) is 12.0. The van der Waals surface area contributed by atoms with E-state index in [-0.39, 0.29) is 0 Å². The van der Waals surface area contributed by atoms with Gasteiger partial charge in [0.2, 0.25) is 0 Å². The van der Waals surface area contributed by atoms with Gasteiger partial charge < -0.3 is 15.5 Å². The second-order valence-corrected chi connectivity index (χ2v) is 5.70. The molecule has 0 aromatic rings. The highest BCUT2D eigenvalue weighted by atomic mass is 15.2. The first-order chi connectivity index (χ1) is 8.15. The maximum absolute atomic E-state index is 5.96. The molecule has 1 aliphatic heterocycles. The molecule has 0 radical (unpaired) electrons. The van der Waals surface area contributed by atoms with Crippen molar-refractivity contribution in [3.05, 3.63) is 0 Å². The summed E-state index contributed by atoms with van der Waals surface area (Å²) in [6, 6.07) is 0. The SMILES string of the molecule is CCC(CC)(CN)CN(C)CCN1CCCC1. The van der Waals surface area contributed by atoms with Crippen LogP contribution in [-0.2, 0) is 0 Å². The van der Waals surface area contributed by atoms with E-state index in [1.54, 1.807) is 0 Å². The standard InChI is InChI=1S/C14H31N3/c1-4-14(5-2,12-15)13-16(3)10-11-17-8-6-7-9-17/h4-13,15H2,1-3H3. The molecular formula is C14H31N3. The average molecular weight is 241 g/mol. The number of nitrogens with zero attached hydrogens (tertiary/aromatic N) is 2. The molecule has 0 aromatic carbocycles. The van der Waals surface area contributed by atoms with Gasteiger partial charge >= 0.3 is 0 Å². The highest BCUT2D eigenvalue weighted by Gasteiger charge is 2.26. The Kier molecular flexibility index (Phi) is 6.45. The van der Waals surface area contributed by atoms with Crippen molar-refractivity contribution in [1.29, 1.82) is 0 Å². The monoisotopic (exact) mass is 241 g/mol. The fourth-order valence-corrected chi connectivity index (χ4v) is 2.80. The number of likely N-dealkylation sites (N-methyl/N-ethyl adjacent to an activating group) is 1. The predicted molar refractivity (Wildman–Crippen MR) is 75.2 cm³/mol. The zero-order valence-corrected chi connectivity index (χ0v) is 12.0. The van der Waals surface area contributed by atoms with Gasteiger partial charge in [0.15, 0.2) is 0 Å². The van der Waals surface area contributed by atoms with Crippen LogP contribution in [0.2, 0.25) is 0 Å². The summed E-state index contributed by atoms with van der Waals surface area (Å²) in [5.41, 5.74) is 6.29. The third kappa shape index (κ3) is 4.57. The first kappa shape index (κ1) is 14.9. The van der Waals surface area contributed by atoms with Gasteiger partial charge in [-0.15, -0.1) is 0 Å². The molecule has 1 heterocycles. The highest BCUT2D eigenvalue weighted by Crippen LogP contribution is 2.25. The summed E-state index contributed by atoms with van der Waals surface area (Å²) in [6.45, 7) is 11.5. The molecule has 0 unspecified atom stereocenters. The summed E-state index contributed by atoms with van der Waals surface area (Å²) in [5, 5.41) is 0. The summed E-state index contributed by atoms with van der Waals surface area (Å²) in [7, 11) is 2.24. The molecule has 0 saturated carbocycles. The van der Waals surface area contributed by atoms with Crippen LogP contribution in [0.4, 0.5) is 0 Å².